The van der Waals surface area contributed by atoms with Gasteiger partial charge in [0, 0.05) is 9.49 Å². The van der Waals surface area contributed by atoms with E-state index in [4.69, 9.17) is 9.47 Å². The molecule has 3 heteroatoms. The maximum absolute atomic E-state index is 6.07. The highest BCUT2D eigenvalue weighted by Crippen LogP contribution is 2.34. The van der Waals surface area contributed by atoms with E-state index in [-0.39, 0.29) is 6.29 Å². The normalized spacial score (nSPS) is 21.8. The molecule has 106 valence electrons. The lowest BCUT2D eigenvalue weighted by Gasteiger charge is -2.33. The molecule has 1 heterocycles. The van der Waals surface area contributed by atoms with E-state index in [2.05, 4.69) is 54.6 Å². The topological polar surface area (TPSA) is 18.5 Å². The summed E-state index contributed by atoms with van der Waals surface area (Å²) in [4.78, 5) is 0. The summed E-state index contributed by atoms with van der Waals surface area (Å²) in [5.41, 5.74) is 1.33. The first kappa shape index (κ1) is 15.1. The Bertz CT molecular complexity index is 406. The lowest BCUT2D eigenvalue weighted by atomic mass is 9.91. The van der Waals surface area contributed by atoms with Crippen molar-refractivity contribution in [1.82, 2.24) is 0 Å². The highest BCUT2D eigenvalue weighted by atomic mass is 127. The number of fused-ring (bicyclic) bond motifs is 1. The predicted molar refractivity (Wildman–Crippen MR) is 86.5 cm³/mol. The maximum atomic E-state index is 6.07. The lowest BCUT2D eigenvalue weighted by Crippen LogP contribution is -2.35. The molecule has 0 aliphatic carbocycles. The minimum Gasteiger partial charge on any atom is -0.464 e. The first-order valence-corrected chi connectivity index (χ1v) is 8.39. The van der Waals surface area contributed by atoms with Crippen molar-refractivity contribution in [3.8, 4) is 5.75 Å². The minimum absolute atomic E-state index is 0.0564. The fourth-order valence-electron chi connectivity index (χ4n) is 2.55. The zero-order valence-corrected chi connectivity index (χ0v) is 14.0. The van der Waals surface area contributed by atoms with Crippen LogP contribution < -0.4 is 4.74 Å². The standard InChI is InChI=1S/C16H23IO2/c1-3-5-9-18-16-12(6-4-2)10-13-11-14(17)7-8-15(13)19-16/h7-8,11-12,16H,3-6,9-10H2,1-2H3. The lowest BCUT2D eigenvalue weighted by molar-refractivity contribution is -0.126. The number of halogens is 1. The largest absolute Gasteiger partial charge is 0.464 e. The van der Waals surface area contributed by atoms with Gasteiger partial charge in [-0.2, -0.15) is 0 Å². The second-order valence-electron chi connectivity index (χ2n) is 5.22. The molecule has 0 saturated heterocycles. The Kier molecular flexibility index (Phi) is 5.95. The van der Waals surface area contributed by atoms with Gasteiger partial charge in [0.05, 0.1) is 6.61 Å². The number of hydrogen-bond acceptors (Lipinski definition) is 2. The average Bonchev–Trinajstić information content (AvgIpc) is 2.40. The van der Waals surface area contributed by atoms with Crippen molar-refractivity contribution in [1.29, 1.82) is 0 Å². The quantitative estimate of drug-likeness (QED) is 0.527. The van der Waals surface area contributed by atoms with Gasteiger partial charge in [-0.05, 0) is 65.6 Å². The van der Waals surface area contributed by atoms with Crippen LogP contribution in [0.3, 0.4) is 0 Å². The molecular formula is C16H23IO2. The van der Waals surface area contributed by atoms with Crippen LogP contribution in [0.15, 0.2) is 18.2 Å². The second-order valence-corrected chi connectivity index (χ2v) is 6.46. The zero-order chi connectivity index (χ0) is 13.7. The second kappa shape index (κ2) is 7.48. The number of hydrogen-bond donors (Lipinski definition) is 0. The third kappa shape index (κ3) is 4.09. The van der Waals surface area contributed by atoms with Gasteiger partial charge in [0.15, 0.2) is 0 Å². The van der Waals surface area contributed by atoms with Crippen LogP contribution in [0.2, 0.25) is 0 Å². The molecule has 2 unspecified atom stereocenters. The fourth-order valence-corrected chi connectivity index (χ4v) is 3.10. The summed E-state index contributed by atoms with van der Waals surface area (Å²) >= 11 is 2.36. The molecular weight excluding hydrogens is 351 g/mol. The van der Waals surface area contributed by atoms with Gasteiger partial charge in [0.1, 0.15) is 5.75 Å². The summed E-state index contributed by atoms with van der Waals surface area (Å²) in [5.74, 6) is 1.50. The van der Waals surface area contributed by atoms with Crippen molar-refractivity contribution >= 4 is 22.6 Å². The van der Waals surface area contributed by atoms with Crippen molar-refractivity contribution < 1.29 is 9.47 Å². The van der Waals surface area contributed by atoms with Crippen molar-refractivity contribution in [2.75, 3.05) is 6.61 Å². The van der Waals surface area contributed by atoms with Crippen LogP contribution in [0.5, 0.6) is 5.75 Å². The molecule has 0 spiro atoms. The van der Waals surface area contributed by atoms with Gasteiger partial charge in [0.2, 0.25) is 6.29 Å². The molecule has 0 bridgehead atoms. The minimum atomic E-state index is -0.0564. The molecule has 1 aromatic carbocycles. The zero-order valence-electron chi connectivity index (χ0n) is 11.8. The highest BCUT2D eigenvalue weighted by molar-refractivity contribution is 14.1. The number of benzene rings is 1. The first-order valence-electron chi connectivity index (χ1n) is 7.31. The Hall–Kier alpha value is -0.290. The summed E-state index contributed by atoms with van der Waals surface area (Å²) in [5, 5.41) is 0. The SMILES string of the molecule is CCCCOC1Oc2ccc(I)cc2CC1CCC. The van der Waals surface area contributed by atoms with Crippen LogP contribution in [-0.4, -0.2) is 12.9 Å². The van der Waals surface area contributed by atoms with E-state index in [1.807, 2.05) is 0 Å². The molecule has 0 aromatic heterocycles. The average molecular weight is 374 g/mol. The summed E-state index contributed by atoms with van der Waals surface area (Å²) in [6.45, 7) is 5.22. The van der Waals surface area contributed by atoms with E-state index >= 15 is 0 Å². The monoisotopic (exact) mass is 374 g/mol. The van der Waals surface area contributed by atoms with Gasteiger partial charge in [-0.1, -0.05) is 26.7 Å². The van der Waals surface area contributed by atoms with E-state index in [0.717, 1.165) is 25.2 Å². The Morgan fingerprint density at radius 2 is 2.16 bits per heavy atom. The van der Waals surface area contributed by atoms with E-state index in [1.54, 1.807) is 0 Å². The summed E-state index contributed by atoms with van der Waals surface area (Å²) < 4.78 is 13.3. The van der Waals surface area contributed by atoms with Crippen LogP contribution >= 0.6 is 22.6 Å². The van der Waals surface area contributed by atoms with Crippen molar-refractivity contribution in [2.45, 2.75) is 52.2 Å². The maximum Gasteiger partial charge on any atom is 0.202 e. The van der Waals surface area contributed by atoms with Crippen molar-refractivity contribution in [2.24, 2.45) is 5.92 Å². The molecule has 2 nitrogen and oxygen atoms in total. The van der Waals surface area contributed by atoms with Crippen LogP contribution in [0.4, 0.5) is 0 Å². The molecule has 2 rings (SSSR count). The molecule has 1 aromatic rings. The van der Waals surface area contributed by atoms with E-state index < -0.39 is 0 Å². The molecule has 0 radical (unpaired) electrons. The summed E-state index contributed by atoms with van der Waals surface area (Å²) in [6, 6.07) is 6.42. The third-order valence-electron chi connectivity index (χ3n) is 3.57. The Balaban J connectivity index is 2.07. The van der Waals surface area contributed by atoms with Gasteiger partial charge in [-0.3, -0.25) is 0 Å². The Morgan fingerprint density at radius 1 is 1.32 bits per heavy atom. The van der Waals surface area contributed by atoms with Crippen molar-refractivity contribution in [3.05, 3.63) is 27.3 Å². The molecule has 19 heavy (non-hydrogen) atoms. The van der Waals surface area contributed by atoms with E-state index in [1.165, 1.54) is 28.4 Å². The number of ether oxygens (including phenoxy) is 2. The predicted octanol–water partition coefficient (Wildman–Crippen LogP) is 4.79. The fraction of sp³-hybridized carbons (Fsp3) is 0.625. The van der Waals surface area contributed by atoms with Gasteiger partial charge < -0.3 is 9.47 Å². The van der Waals surface area contributed by atoms with Crippen LogP contribution in [0.1, 0.15) is 45.1 Å². The van der Waals surface area contributed by atoms with Crippen LogP contribution in [-0.2, 0) is 11.2 Å². The van der Waals surface area contributed by atoms with Gasteiger partial charge in [-0.25, -0.2) is 0 Å². The molecule has 1 aliphatic rings. The molecule has 2 atom stereocenters. The number of rotatable bonds is 6. The van der Waals surface area contributed by atoms with E-state index in [0.29, 0.717) is 5.92 Å². The Morgan fingerprint density at radius 3 is 2.89 bits per heavy atom. The molecule has 0 fully saturated rings. The van der Waals surface area contributed by atoms with Gasteiger partial charge >= 0.3 is 0 Å². The van der Waals surface area contributed by atoms with E-state index in [9.17, 15) is 0 Å². The van der Waals surface area contributed by atoms with Crippen molar-refractivity contribution in [3.63, 3.8) is 0 Å². The summed E-state index contributed by atoms with van der Waals surface area (Å²) in [6.07, 6.45) is 5.65. The third-order valence-corrected chi connectivity index (χ3v) is 4.24. The Labute approximate surface area is 130 Å². The van der Waals surface area contributed by atoms with Crippen LogP contribution in [0.25, 0.3) is 0 Å². The molecule has 1 aliphatic heterocycles. The summed E-state index contributed by atoms with van der Waals surface area (Å²) in [7, 11) is 0. The first-order chi connectivity index (χ1) is 9.24. The van der Waals surface area contributed by atoms with Crippen LogP contribution in [0, 0.1) is 9.49 Å². The van der Waals surface area contributed by atoms with Gasteiger partial charge in [-0.15, -0.1) is 0 Å². The number of unbranched alkanes of at least 4 members (excludes halogenated alkanes) is 1. The smallest absolute Gasteiger partial charge is 0.202 e. The van der Waals surface area contributed by atoms with Gasteiger partial charge in [0.25, 0.3) is 0 Å². The highest BCUT2D eigenvalue weighted by Gasteiger charge is 2.30. The molecule has 0 amide bonds. The molecule has 0 saturated carbocycles. The molecule has 0 N–H and O–H groups in total.